The van der Waals surface area contributed by atoms with Crippen LogP contribution in [0.1, 0.15) is 10.4 Å². The second-order valence-electron chi connectivity index (χ2n) is 5.41. The van der Waals surface area contributed by atoms with Crippen LogP contribution in [0.2, 0.25) is 5.02 Å². The molecule has 6 nitrogen and oxygen atoms in total. The van der Waals surface area contributed by atoms with Gasteiger partial charge >= 0.3 is 0 Å². The lowest BCUT2D eigenvalue weighted by atomic mass is 10.1. The number of aromatic nitrogens is 1. The summed E-state index contributed by atoms with van der Waals surface area (Å²) in [5, 5.41) is 14.1. The molecule has 0 saturated carbocycles. The first kappa shape index (κ1) is 16.9. The van der Waals surface area contributed by atoms with E-state index in [0.717, 1.165) is 4.57 Å². The lowest BCUT2D eigenvalue weighted by molar-refractivity contribution is 0.102. The van der Waals surface area contributed by atoms with E-state index >= 15 is 0 Å². The van der Waals surface area contributed by atoms with Crippen molar-refractivity contribution in [3.05, 3.63) is 63.4 Å². The zero-order valence-electron chi connectivity index (χ0n) is 13.5. The van der Waals surface area contributed by atoms with E-state index in [1.807, 2.05) is 0 Å². The molecule has 0 aliphatic heterocycles. The average molecular weight is 359 g/mol. The van der Waals surface area contributed by atoms with Crippen LogP contribution in [0.3, 0.4) is 0 Å². The van der Waals surface area contributed by atoms with Crippen LogP contribution < -0.4 is 15.6 Å². The number of amides is 1. The molecule has 0 aliphatic carbocycles. The highest BCUT2D eigenvalue weighted by atomic mass is 35.5. The summed E-state index contributed by atoms with van der Waals surface area (Å²) in [6.45, 7) is 0. The van der Waals surface area contributed by atoms with E-state index in [1.54, 1.807) is 42.5 Å². The van der Waals surface area contributed by atoms with Gasteiger partial charge in [0.25, 0.3) is 11.5 Å². The van der Waals surface area contributed by atoms with Crippen molar-refractivity contribution in [2.45, 2.75) is 0 Å². The van der Waals surface area contributed by atoms with Gasteiger partial charge in [0.2, 0.25) is 5.88 Å². The van der Waals surface area contributed by atoms with Crippen LogP contribution in [-0.2, 0) is 7.05 Å². The number of fused-ring (bicyclic) bond motifs is 1. The highest BCUT2D eigenvalue weighted by Gasteiger charge is 2.21. The fourth-order valence-electron chi connectivity index (χ4n) is 2.64. The zero-order valence-corrected chi connectivity index (χ0v) is 14.3. The maximum Gasteiger partial charge on any atom is 0.261 e. The largest absolute Gasteiger partial charge is 0.495 e. The molecule has 0 radical (unpaired) electrons. The standard InChI is InChI=1S/C18H15ClN2O4/c1-21-17(23)12-6-4-3-5-11(12)15(18(21)24)16(22)20-13-9-10(19)7-8-14(13)25-2/h3-9,24H,1-2H3,(H,20,22). The molecule has 25 heavy (non-hydrogen) atoms. The first-order chi connectivity index (χ1) is 11.9. The van der Waals surface area contributed by atoms with Crippen molar-refractivity contribution in [1.82, 2.24) is 4.57 Å². The number of rotatable bonds is 3. The van der Waals surface area contributed by atoms with Crippen molar-refractivity contribution in [3.63, 3.8) is 0 Å². The Bertz CT molecular complexity index is 1040. The van der Waals surface area contributed by atoms with Crippen LogP contribution in [0.15, 0.2) is 47.3 Å². The average Bonchev–Trinajstić information content (AvgIpc) is 2.60. The lowest BCUT2D eigenvalue weighted by Gasteiger charge is -2.14. The Labute approximate surface area is 148 Å². The van der Waals surface area contributed by atoms with E-state index in [2.05, 4.69) is 5.32 Å². The van der Waals surface area contributed by atoms with Crippen LogP contribution in [0.5, 0.6) is 11.6 Å². The van der Waals surface area contributed by atoms with Gasteiger partial charge in [-0.3, -0.25) is 14.2 Å². The molecule has 1 amide bonds. The van der Waals surface area contributed by atoms with Crippen LogP contribution in [0.25, 0.3) is 10.8 Å². The minimum Gasteiger partial charge on any atom is -0.495 e. The number of ether oxygens (including phenoxy) is 1. The molecule has 0 saturated heterocycles. The Morgan fingerprint density at radius 1 is 1.20 bits per heavy atom. The fraction of sp³-hybridized carbons (Fsp3) is 0.111. The highest BCUT2D eigenvalue weighted by molar-refractivity contribution is 6.31. The molecule has 3 rings (SSSR count). The number of anilines is 1. The van der Waals surface area contributed by atoms with Crippen molar-refractivity contribution in [2.75, 3.05) is 12.4 Å². The molecule has 128 valence electrons. The first-order valence-electron chi connectivity index (χ1n) is 7.39. The number of hydrogen-bond donors (Lipinski definition) is 2. The molecule has 2 aromatic carbocycles. The molecule has 1 heterocycles. The SMILES string of the molecule is COc1ccc(Cl)cc1NC(=O)c1c(O)n(C)c(=O)c2ccccc12. The molecule has 0 atom stereocenters. The van der Waals surface area contributed by atoms with Gasteiger partial charge in [0.1, 0.15) is 11.3 Å². The number of pyridine rings is 1. The van der Waals surface area contributed by atoms with Crippen LogP contribution in [0, 0.1) is 0 Å². The monoisotopic (exact) mass is 358 g/mol. The molecule has 1 aromatic heterocycles. The molecular weight excluding hydrogens is 344 g/mol. The fourth-order valence-corrected chi connectivity index (χ4v) is 2.81. The van der Waals surface area contributed by atoms with Crippen molar-refractivity contribution < 1.29 is 14.6 Å². The Kier molecular flexibility index (Phi) is 4.37. The lowest BCUT2D eigenvalue weighted by Crippen LogP contribution is -2.22. The number of nitrogens with one attached hydrogen (secondary N) is 1. The first-order valence-corrected chi connectivity index (χ1v) is 7.77. The number of aromatic hydroxyl groups is 1. The molecule has 0 bridgehead atoms. The summed E-state index contributed by atoms with van der Waals surface area (Å²) in [6, 6.07) is 11.4. The zero-order chi connectivity index (χ0) is 18.1. The number of methoxy groups -OCH3 is 1. The van der Waals surface area contributed by atoms with E-state index in [0.29, 0.717) is 27.2 Å². The molecule has 0 fully saturated rings. The van der Waals surface area contributed by atoms with Gasteiger partial charge in [0, 0.05) is 22.8 Å². The number of benzene rings is 2. The van der Waals surface area contributed by atoms with Gasteiger partial charge in [-0.05, 0) is 24.3 Å². The van der Waals surface area contributed by atoms with Crippen molar-refractivity contribution in [2.24, 2.45) is 7.05 Å². The predicted molar refractivity (Wildman–Crippen MR) is 96.8 cm³/mol. The Morgan fingerprint density at radius 2 is 1.88 bits per heavy atom. The Hall–Kier alpha value is -2.99. The molecule has 2 N–H and O–H groups in total. The quantitative estimate of drug-likeness (QED) is 0.753. The number of carbonyl (C=O) groups is 1. The van der Waals surface area contributed by atoms with Gasteiger partial charge in [-0.2, -0.15) is 0 Å². The summed E-state index contributed by atoms with van der Waals surface area (Å²) in [5.74, 6) is -0.571. The minimum atomic E-state index is -0.579. The molecule has 0 aliphatic rings. The second kappa shape index (κ2) is 6.49. The third-order valence-electron chi connectivity index (χ3n) is 3.91. The van der Waals surface area contributed by atoms with E-state index in [9.17, 15) is 14.7 Å². The van der Waals surface area contributed by atoms with E-state index in [-0.39, 0.29) is 11.1 Å². The van der Waals surface area contributed by atoms with Gasteiger partial charge in [0.05, 0.1) is 12.8 Å². The number of carbonyl (C=O) groups excluding carboxylic acids is 1. The van der Waals surface area contributed by atoms with E-state index in [4.69, 9.17) is 16.3 Å². The molecular formula is C18H15ClN2O4. The van der Waals surface area contributed by atoms with Gasteiger partial charge in [-0.1, -0.05) is 29.8 Å². The summed E-state index contributed by atoms with van der Waals surface area (Å²) >= 11 is 5.97. The van der Waals surface area contributed by atoms with E-state index < -0.39 is 11.8 Å². The summed E-state index contributed by atoms with van der Waals surface area (Å²) in [5.41, 5.74) is -0.0259. The number of nitrogens with zero attached hydrogens (tertiary/aromatic N) is 1. The summed E-state index contributed by atoms with van der Waals surface area (Å²) in [4.78, 5) is 25.1. The minimum absolute atomic E-state index is 0.000251. The maximum atomic E-state index is 12.8. The second-order valence-corrected chi connectivity index (χ2v) is 5.84. The highest BCUT2D eigenvalue weighted by Crippen LogP contribution is 2.30. The smallest absolute Gasteiger partial charge is 0.261 e. The van der Waals surface area contributed by atoms with Gasteiger partial charge in [-0.25, -0.2) is 0 Å². The van der Waals surface area contributed by atoms with Crippen LogP contribution >= 0.6 is 11.6 Å². The third-order valence-corrected chi connectivity index (χ3v) is 4.14. The molecule has 0 unspecified atom stereocenters. The topological polar surface area (TPSA) is 80.6 Å². The van der Waals surface area contributed by atoms with E-state index in [1.165, 1.54) is 14.2 Å². The summed E-state index contributed by atoms with van der Waals surface area (Å²) in [6.07, 6.45) is 0. The predicted octanol–water partition coefficient (Wildman–Crippen LogP) is 3.16. The summed E-state index contributed by atoms with van der Waals surface area (Å²) < 4.78 is 6.24. The summed E-state index contributed by atoms with van der Waals surface area (Å²) in [7, 11) is 2.87. The Morgan fingerprint density at radius 3 is 2.56 bits per heavy atom. The number of hydrogen-bond acceptors (Lipinski definition) is 4. The molecule has 0 spiro atoms. The van der Waals surface area contributed by atoms with Gasteiger partial charge < -0.3 is 15.2 Å². The van der Waals surface area contributed by atoms with Crippen molar-refractivity contribution in [3.8, 4) is 11.6 Å². The normalized spacial score (nSPS) is 10.7. The molecule has 7 heteroatoms. The van der Waals surface area contributed by atoms with Crippen molar-refractivity contribution >= 4 is 34.0 Å². The third kappa shape index (κ3) is 2.92. The molecule has 3 aromatic rings. The Balaban J connectivity index is 2.16. The number of halogens is 1. The maximum absolute atomic E-state index is 12.8. The van der Waals surface area contributed by atoms with Gasteiger partial charge in [0.15, 0.2) is 0 Å². The van der Waals surface area contributed by atoms with Gasteiger partial charge in [-0.15, -0.1) is 0 Å². The van der Waals surface area contributed by atoms with Crippen LogP contribution in [0.4, 0.5) is 5.69 Å². The van der Waals surface area contributed by atoms with Crippen molar-refractivity contribution in [1.29, 1.82) is 0 Å². The van der Waals surface area contributed by atoms with Crippen LogP contribution in [-0.4, -0.2) is 22.7 Å².